The minimum Gasteiger partial charge on any atom is -0.481 e. The minimum atomic E-state index is -0.723. The van der Waals surface area contributed by atoms with E-state index in [1.807, 2.05) is 31.2 Å². The first kappa shape index (κ1) is 14.7. The summed E-state index contributed by atoms with van der Waals surface area (Å²) < 4.78 is 5.61. The fraction of sp³-hybridized carbons (Fsp3) is 0.500. The fourth-order valence-corrected chi connectivity index (χ4v) is 2.49. The van der Waals surface area contributed by atoms with Gasteiger partial charge in [0.15, 0.2) is 5.78 Å². The lowest BCUT2D eigenvalue weighted by Gasteiger charge is -2.25. The SMILES string of the molecule is Cc1ccc(C(=O)COC2CCC(C(=O)O)CC2)cc1. The number of ether oxygens (including phenoxy) is 1. The lowest BCUT2D eigenvalue weighted by molar-refractivity contribution is -0.143. The number of aliphatic carboxylic acids is 1. The quantitative estimate of drug-likeness (QED) is 0.840. The van der Waals surface area contributed by atoms with Crippen LogP contribution in [-0.2, 0) is 9.53 Å². The standard InChI is InChI=1S/C16H20O4/c1-11-2-4-12(5-3-11)15(17)10-20-14-8-6-13(7-9-14)16(18)19/h2-5,13-14H,6-10H2,1H3,(H,18,19). The van der Waals surface area contributed by atoms with Crippen LogP contribution in [0.4, 0.5) is 0 Å². The van der Waals surface area contributed by atoms with Crippen molar-refractivity contribution in [3.63, 3.8) is 0 Å². The highest BCUT2D eigenvalue weighted by Gasteiger charge is 2.26. The van der Waals surface area contributed by atoms with Crippen molar-refractivity contribution in [1.82, 2.24) is 0 Å². The summed E-state index contributed by atoms with van der Waals surface area (Å²) in [7, 11) is 0. The van der Waals surface area contributed by atoms with Crippen LogP contribution in [0.5, 0.6) is 0 Å². The van der Waals surface area contributed by atoms with Gasteiger partial charge in [0, 0.05) is 5.56 Å². The average molecular weight is 276 g/mol. The number of carboxylic acids is 1. The Morgan fingerprint density at radius 1 is 1.15 bits per heavy atom. The molecule has 0 atom stereocenters. The highest BCUT2D eigenvalue weighted by Crippen LogP contribution is 2.26. The van der Waals surface area contributed by atoms with Crippen molar-refractivity contribution in [3.8, 4) is 0 Å². The van der Waals surface area contributed by atoms with E-state index in [1.165, 1.54) is 0 Å². The van der Waals surface area contributed by atoms with Gasteiger partial charge in [-0.1, -0.05) is 29.8 Å². The van der Waals surface area contributed by atoms with Gasteiger partial charge in [0.25, 0.3) is 0 Å². The molecule has 4 heteroatoms. The Labute approximate surface area is 118 Å². The number of ketones is 1. The number of carbonyl (C=O) groups is 2. The Balaban J connectivity index is 1.77. The Hall–Kier alpha value is -1.68. The zero-order valence-electron chi connectivity index (χ0n) is 11.7. The normalized spacial score (nSPS) is 22.4. The van der Waals surface area contributed by atoms with Crippen LogP contribution in [0.3, 0.4) is 0 Å². The first-order valence-corrected chi connectivity index (χ1v) is 7.00. The molecule has 0 amide bonds. The predicted molar refractivity (Wildman–Crippen MR) is 74.8 cm³/mol. The van der Waals surface area contributed by atoms with E-state index in [4.69, 9.17) is 9.84 Å². The van der Waals surface area contributed by atoms with Crippen molar-refractivity contribution in [2.45, 2.75) is 38.7 Å². The Kier molecular flexibility index (Phi) is 4.90. The topological polar surface area (TPSA) is 63.6 Å². The van der Waals surface area contributed by atoms with Gasteiger partial charge in [-0.2, -0.15) is 0 Å². The third-order valence-corrected chi connectivity index (χ3v) is 3.85. The molecule has 0 aliphatic heterocycles. The van der Waals surface area contributed by atoms with Gasteiger partial charge in [-0.25, -0.2) is 0 Å². The van der Waals surface area contributed by atoms with Crippen LogP contribution in [0.1, 0.15) is 41.6 Å². The third-order valence-electron chi connectivity index (χ3n) is 3.85. The molecule has 0 saturated heterocycles. The van der Waals surface area contributed by atoms with E-state index in [9.17, 15) is 9.59 Å². The summed E-state index contributed by atoms with van der Waals surface area (Å²) in [6, 6.07) is 7.43. The van der Waals surface area contributed by atoms with Crippen molar-refractivity contribution < 1.29 is 19.4 Å². The summed E-state index contributed by atoms with van der Waals surface area (Å²) in [6.45, 7) is 2.05. The van der Waals surface area contributed by atoms with Gasteiger partial charge in [-0.15, -0.1) is 0 Å². The van der Waals surface area contributed by atoms with Crippen LogP contribution >= 0.6 is 0 Å². The van der Waals surface area contributed by atoms with Crippen molar-refractivity contribution in [1.29, 1.82) is 0 Å². The number of benzene rings is 1. The molecule has 1 aromatic rings. The Morgan fingerprint density at radius 3 is 2.30 bits per heavy atom. The van der Waals surface area contributed by atoms with Gasteiger partial charge in [0.05, 0.1) is 12.0 Å². The van der Waals surface area contributed by atoms with Gasteiger partial charge in [0.1, 0.15) is 6.61 Å². The molecule has 2 rings (SSSR count). The molecule has 108 valence electrons. The maximum atomic E-state index is 12.0. The zero-order valence-corrected chi connectivity index (χ0v) is 11.7. The number of Topliss-reactive ketones (excluding diaryl/α,β-unsaturated/α-hetero) is 1. The van der Waals surface area contributed by atoms with Crippen LogP contribution < -0.4 is 0 Å². The van der Waals surface area contributed by atoms with Crippen molar-refractivity contribution in [2.75, 3.05) is 6.61 Å². The minimum absolute atomic E-state index is 0.0139. The van der Waals surface area contributed by atoms with E-state index < -0.39 is 5.97 Å². The highest BCUT2D eigenvalue weighted by atomic mass is 16.5. The van der Waals surface area contributed by atoms with E-state index >= 15 is 0 Å². The first-order chi connectivity index (χ1) is 9.56. The number of hydrogen-bond donors (Lipinski definition) is 1. The number of rotatable bonds is 5. The summed E-state index contributed by atoms with van der Waals surface area (Å²) >= 11 is 0. The summed E-state index contributed by atoms with van der Waals surface area (Å²) in [5.41, 5.74) is 1.78. The molecule has 1 N–H and O–H groups in total. The highest BCUT2D eigenvalue weighted by molar-refractivity contribution is 5.97. The number of hydrogen-bond acceptors (Lipinski definition) is 3. The van der Waals surface area contributed by atoms with E-state index in [0.29, 0.717) is 18.4 Å². The molecule has 1 aliphatic carbocycles. The molecule has 1 saturated carbocycles. The van der Waals surface area contributed by atoms with Crippen molar-refractivity contribution in [3.05, 3.63) is 35.4 Å². The number of carboxylic acid groups (broad SMARTS) is 1. The lowest BCUT2D eigenvalue weighted by atomic mass is 9.87. The summed E-state index contributed by atoms with van der Waals surface area (Å²) in [5.74, 6) is -0.993. The van der Waals surface area contributed by atoms with Gasteiger partial charge in [-0.3, -0.25) is 9.59 Å². The molecule has 1 aromatic carbocycles. The van der Waals surface area contributed by atoms with Crippen LogP contribution in [0, 0.1) is 12.8 Å². The third kappa shape index (κ3) is 3.90. The predicted octanol–water partition coefficient (Wildman–Crippen LogP) is 2.84. The van der Waals surface area contributed by atoms with E-state index in [1.54, 1.807) is 0 Å². The molecule has 0 bridgehead atoms. The van der Waals surface area contributed by atoms with Crippen molar-refractivity contribution >= 4 is 11.8 Å². The fourth-order valence-electron chi connectivity index (χ4n) is 2.49. The van der Waals surface area contributed by atoms with Crippen LogP contribution in [0.25, 0.3) is 0 Å². The van der Waals surface area contributed by atoms with E-state index in [2.05, 4.69) is 0 Å². The molecule has 0 unspecified atom stereocenters. The van der Waals surface area contributed by atoms with Gasteiger partial charge >= 0.3 is 5.97 Å². The lowest BCUT2D eigenvalue weighted by Crippen LogP contribution is -2.27. The molecule has 1 fully saturated rings. The molecular formula is C16H20O4. The largest absolute Gasteiger partial charge is 0.481 e. The smallest absolute Gasteiger partial charge is 0.306 e. The molecule has 4 nitrogen and oxygen atoms in total. The maximum Gasteiger partial charge on any atom is 0.306 e. The summed E-state index contributed by atoms with van der Waals surface area (Å²) in [5, 5.41) is 8.92. The van der Waals surface area contributed by atoms with Gasteiger partial charge in [0.2, 0.25) is 0 Å². The summed E-state index contributed by atoms with van der Waals surface area (Å²) in [6.07, 6.45) is 2.73. The monoisotopic (exact) mass is 276 g/mol. The average Bonchev–Trinajstić information content (AvgIpc) is 2.46. The van der Waals surface area contributed by atoms with Gasteiger partial charge in [-0.05, 0) is 32.6 Å². The zero-order chi connectivity index (χ0) is 14.5. The molecule has 0 radical (unpaired) electrons. The van der Waals surface area contributed by atoms with E-state index in [-0.39, 0.29) is 24.4 Å². The Bertz CT molecular complexity index is 470. The van der Waals surface area contributed by atoms with Crippen LogP contribution in [0.15, 0.2) is 24.3 Å². The second kappa shape index (κ2) is 6.66. The first-order valence-electron chi connectivity index (χ1n) is 7.00. The molecule has 0 heterocycles. The van der Waals surface area contributed by atoms with Gasteiger partial charge < -0.3 is 9.84 Å². The molecule has 1 aliphatic rings. The second-order valence-electron chi connectivity index (χ2n) is 5.41. The Morgan fingerprint density at radius 2 is 1.75 bits per heavy atom. The maximum absolute atomic E-state index is 12.0. The molecule has 20 heavy (non-hydrogen) atoms. The van der Waals surface area contributed by atoms with Crippen LogP contribution in [0.2, 0.25) is 0 Å². The number of aryl methyl sites for hydroxylation is 1. The molecule has 0 spiro atoms. The number of carbonyl (C=O) groups excluding carboxylic acids is 1. The molecular weight excluding hydrogens is 256 g/mol. The molecule has 0 aromatic heterocycles. The summed E-state index contributed by atoms with van der Waals surface area (Å²) in [4.78, 5) is 22.8. The van der Waals surface area contributed by atoms with Crippen molar-refractivity contribution in [2.24, 2.45) is 5.92 Å². The second-order valence-corrected chi connectivity index (χ2v) is 5.41. The van der Waals surface area contributed by atoms with E-state index in [0.717, 1.165) is 18.4 Å². The van der Waals surface area contributed by atoms with Crippen LogP contribution in [-0.4, -0.2) is 29.6 Å².